The first-order valence-corrected chi connectivity index (χ1v) is 7.18. The fourth-order valence-electron chi connectivity index (χ4n) is 2.51. The van der Waals surface area contributed by atoms with Gasteiger partial charge in [-0.05, 0) is 49.9 Å². The van der Waals surface area contributed by atoms with Gasteiger partial charge in [0.15, 0.2) is 5.88 Å². The van der Waals surface area contributed by atoms with Crippen molar-refractivity contribution in [2.75, 3.05) is 18.0 Å². The maximum atomic E-state index is 5.84. The molecule has 3 heteroatoms. The molecule has 0 amide bonds. The van der Waals surface area contributed by atoms with Crippen LogP contribution in [0.4, 0.5) is 11.6 Å². The Morgan fingerprint density at radius 2 is 1.90 bits per heavy atom. The van der Waals surface area contributed by atoms with E-state index in [1.807, 2.05) is 12.1 Å². The smallest absolute Gasteiger partial charge is 0.196 e. The second kappa shape index (κ2) is 5.53. The summed E-state index contributed by atoms with van der Waals surface area (Å²) in [5, 5.41) is 0. The van der Waals surface area contributed by atoms with Crippen molar-refractivity contribution in [1.29, 1.82) is 0 Å². The van der Waals surface area contributed by atoms with E-state index in [9.17, 15) is 0 Å². The molecule has 0 N–H and O–H groups in total. The van der Waals surface area contributed by atoms with E-state index in [1.165, 1.54) is 24.0 Å². The number of nitrogens with zero attached hydrogens (tertiary/aromatic N) is 2. The standard InChI is InChI=1S/C17H20N2O/c1-13-5-6-14(2)16(11-13)18-12-15-7-8-17(20-15)19-9-3-4-10-19/h5-8,11-12H,3-4,9-10H2,1-2H3. The summed E-state index contributed by atoms with van der Waals surface area (Å²) < 4.78 is 5.84. The molecule has 1 fully saturated rings. The lowest BCUT2D eigenvalue weighted by Gasteiger charge is -2.12. The normalized spacial score (nSPS) is 15.4. The van der Waals surface area contributed by atoms with Crippen LogP contribution in [0, 0.1) is 13.8 Å². The number of hydrogen-bond acceptors (Lipinski definition) is 3. The zero-order valence-electron chi connectivity index (χ0n) is 12.1. The molecule has 3 rings (SSSR count). The van der Waals surface area contributed by atoms with Crippen molar-refractivity contribution in [1.82, 2.24) is 0 Å². The van der Waals surface area contributed by atoms with E-state index in [2.05, 4.69) is 41.9 Å². The fraction of sp³-hybridized carbons (Fsp3) is 0.353. The Balaban J connectivity index is 1.77. The summed E-state index contributed by atoms with van der Waals surface area (Å²) >= 11 is 0. The predicted octanol–water partition coefficient (Wildman–Crippen LogP) is 4.25. The number of furan rings is 1. The van der Waals surface area contributed by atoms with E-state index in [1.54, 1.807) is 6.21 Å². The number of anilines is 1. The minimum Gasteiger partial charge on any atom is -0.440 e. The summed E-state index contributed by atoms with van der Waals surface area (Å²) in [6.07, 6.45) is 4.32. The molecule has 1 aliphatic rings. The molecule has 0 radical (unpaired) electrons. The highest BCUT2D eigenvalue weighted by atomic mass is 16.4. The average Bonchev–Trinajstić information content (AvgIpc) is 3.09. The minimum atomic E-state index is 0.813. The van der Waals surface area contributed by atoms with Gasteiger partial charge in [0.05, 0.1) is 11.9 Å². The summed E-state index contributed by atoms with van der Waals surface area (Å²) in [5.41, 5.74) is 3.40. The van der Waals surface area contributed by atoms with Gasteiger partial charge in [0.1, 0.15) is 5.76 Å². The molecular weight excluding hydrogens is 248 g/mol. The van der Waals surface area contributed by atoms with Crippen LogP contribution in [0.1, 0.15) is 29.7 Å². The highest BCUT2D eigenvalue weighted by Crippen LogP contribution is 2.23. The third-order valence-corrected chi connectivity index (χ3v) is 3.73. The second-order valence-corrected chi connectivity index (χ2v) is 5.42. The highest BCUT2D eigenvalue weighted by Gasteiger charge is 2.15. The number of aliphatic imine (C=N–C) groups is 1. The van der Waals surface area contributed by atoms with Crippen LogP contribution >= 0.6 is 0 Å². The molecule has 1 saturated heterocycles. The Labute approximate surface area is 119 Å². The van der Waals surface area contributed by atoms with Crippen LogP contribution < -0.4 is 4.90 Å². The van der Waals surface area contributed by atoms with Crippen LogP contribution in [0.2, 0.25) is 0 Å². The van der Waals surface area contributed by atoms with E-state index in [4.69, 9.17) is 4.42 Å². The van der Waals surface area contributed by atoms with E-state index in [-0.39, 0.29) is 0 Å². The number of rotatable bonds is 3. The third kappa shape index (κ3) is 2.77. The zero-order valence-corrected chi connectivity index (χ0v) is 12.1. The van der Waals surface area contributed by atoms with E-state index < -0.39 is 0 Å². The molecule has 104 valence electrons. The van der Waals surface area contributed by atoms with Gasteiger partial charge in [0.25, 0.3) is 0 Å². The molecule has 0 bridgehead atoms. The van der Waals surface area contributed by atoms with Gasteiger partial charge in [-0.1, -0.05) is 12.1 Å². The molecule has 3 nitrogen and oxygen atoms in total. The largest absolute Gasteiger partial charge is 0.440 e. The molecule has 1 aliphatic heterocycles. The molecule has 1 aromatic carbocycles. The first-order chi connectivity index (χ1) is 9.72. The van der Waals surface area contributed by atoms with Crippen molar-refractivity contribution < 1.29 is 4.42 Å². The van der Waals surface area contributed by atoms with E-state index in [0.717, 1.165) is 30.4 Å². The first-order valence-electron chi connectivity index (χ1n) is 7.18. The van der Waals surface area contributed by atoms with Crippen LogP contribution in [0.25, 0.3) is 0 Å². The van der Waals surface area contributed by atoms with Crippen molar-refractivity contribution in [3.8, 4) is 0 Å². The van der Waals surface area contributed by atoms with Crippen molar-refractivity contribution in [2.45, 2.75) is 26.7 Å². The van der Waals surface area contributed by atoms with Crippen LogP contribution in [0.5, 0.6) is 0 Å². The summed E-state index contributed by atoms with van der Waals surface area (Å²) in [6.45, 7) is 6.35. The maximum Gasteiger partial charge on any atom is 0.196 e. The summed E-state index contributed by atoms with van der Waals surface area (Å²) in [7, 11) is 0. The molecule has 1 aromatic heterocycles. The molecule has 0 unspecified atom stereocenters. The first kappa shape index (κ1) is 13.0. The van der Waals surface area contributed by atoms with Gasteiger partial charge in [0, 0.05) is 19.2 Å². The topological polar surface area (TPSA) is 28.7 Å². The Kier molecular flexibility index (Phi) is 3.59. The van der Waals surface area contributed by atoms with E-state index in [0.29, 0.717) is 0 Å². The summed E-state index contributed by atoms with van der Waals surface area (Å²) in [4.78, 5) is 6.83. The van der Waals surface area contributed by atoms with Crippen molar-refractivity contribution in [2.24, 2.45) is 4.99 Å². The second-order valence-electron chi connectivity index (χ2n) is 5.42. The molecular formula is C17H20N2O. The van der Waals surface area contributed by atoms with Crippen LogP contribution in [-0.4, -0.2) is 19.3 Å². The van der Waals surface area contributed by atoms with Gasteiger partial charge in [-0.3, -0.25) is 4.99 Å². The SMILES string of the molecule is Cc1ccc(C)c(N=Cc2ccc(N3CCCC3)o2)c1. The minimum absolute atomic E-state index is 0.813. The lowest BCUT2D eigenvalue weighted by atomic mass is 10.1. The van der Waals surface area contributed by atoms with Gasteiger partial charge in [-0.2, -0.15) is 0 Å². The predicted molar refractivity (Wildman–Crippen MR) is 83.3 cm³/mol. The lowest BCUT2D eigenvalue weighted by molar-refractivity contribution is 0.550. The maximum absolute atomic E-state index is 5.84. The fourth-order valence-corrected chi connectivity index (χ4v) is 2.51. The van der Waals surface area contributed by atoms with Crippen LogP contribution in [0.15, 0.2) is 39.7 Å². The lowest BCUT2D eigenvalue weighted by Crippen LogP contribution is -2.16. The number of aryl methyl sites for hydroxylation is 2. The van der Waals surface area contributed by atoms with Crippen molar-refractivity contribution in [3.05, 3.63) is 47.2 Å². The third-order valence-electron chi connectivity index (χ3n) is 3.73. The van der Waals surface area contributed by atoms with Crippen molar-refractivity contribution >= 4 is 17.8 Å². The molecule has 2 heterocycles. The van der Waals surface area contributed by atoms with E-state index >= 15 is 0 Å². The monoisotopic (exact) mass is 268 g/mol. The highest BCUT2D eigenvalue weighted by molar-refractivity contribution is 5.79. The van der Waals surface area contributed by atoms with Gasteiger partial charge in [-0.15, -0.1) is 0 Å². The Morgan fingerprint density at radius 1 is 1.10 bits per heavy atom. The number of hydrogen-bond donors (Lipinski definition) is 0. The van der Waals surface area contributed by atoms with Crippen molar-refractivity contribution in [3.63, 3.8) is 0 Å². The molecule has 0 atom stereocenters. The van der Waals surface area contributed by atoms with Gasteiger partial charge in [0.2, 0.25) is 0 Å². The molecule has 2 aromatic rings. The zero-order chi connectivity index (χ0) is 13.9. The van der Waals surface area contributed by atoms with Gasteiger partial charge >= 0.3 is 0 Å². The Hall–Kier alpha value is -2.03. The molecule has 0 saturated carbocycles. The quantitative estimate of drug-likeness (QED) is 0.779. The molecule has 20 heavy (non-hydrogen) atoms. The molecule has 0 aliphatic carbocycles. The number of benzene rings is 1. The van der Waals surface area contributed by atoms with Crippen LogP contribution in [-0.2, 0) is 0 Å². The Bertz CT molecular complexity index is 622. The van der Waals surface area contributed by atoms with Gasteiger partial charge < -0.3 is 9.32 Å². The summed E-state index contributed by atoms with van der Waals surface area (Å²) in [5.74, 6) is 1.78. The summed E-state index contributed by atoms with van der Waals surface area (Å²) in [6, 6.07) is 10.3. The van der Waals surface area contributed by atoms with Crippen LogP contribution in [0.3, 0.4) is 0 Å². The van der Waals surface area contributed by atoms with Gasteiger partial charge in [-0.25, -0.2) is 0 Å². The average molecular weight is 268 g/mol. The Morgan fingerprint density at radius 3 is 2.70 bits per heavy atom. The molecule has 0 spiro atoms.